The van der Waals surface area contributed by atoms with Crippen molar-refractivity contribution in [2.45, 2.75) is 19.7 Å². The molecule has 2 amide bonds. The Morgan fingerprint density at radius 3 is 2.46 bits per heavy atom. The van der Waals surface area contributed by atoms with Crippen molar-refractivity contribution in [3.8, 4) is 5.69 Å². The van der Waals surface area contributed by atoms with Gasteiger partial charge in [0.05, 0.1) is 18.5 Å². The summed E-state index contributed by atoms with van der Waals surface area (Å²) in [6.07, 6.45) is 3.66. The third kappa shape index (κ3) is 4.70. The van der Waals surface area contributed by atoms with Crippen molar-refractivity contribution in [3.05, 3.63) is 83.7 Å². The van der Waals surface area contributed by atoms with E-state index in [0.717, 1.165) is 22.4 Å². The lowest BCUT2D eigenvalue weighted by Gasteiger charge is -2.10. The fourth-order valence-corrected chi connectivity index (χ4v) is 2.62. The maximum absolute atomic E-state index is 12.1. The van der Waals surface area contributed by atoms with Crippen LogP contribution in [-0.2, 0) is 24.4 Å². The second-order valence-corrected chi connectivity index (χ2v) is 5.87. The first-order chi connectivity index (χ1) is 12.8. The van der Waals surface area contributed by atoms with Crippen LogP contribution < -0.4 is 10.6 Å². The van der Waals surface area contributed by atoms with Gasteiger partial charge in [-0.3, -0.25) is 0 Å². The average Bonchev–Trinajstić information content (AvgIpc) is 3.16. The summed E-state index contributed by atoms with van der Waals surface area (Å²) < 4.78 is 6.97. The van der Waals surface area contributed by atoms with Crippen LogP contribution in [0.25, 0.3) is 5.69 Å². The van der Waals surface area contributed by atoms with Gasteiger partial charge < -0.3 is 15.4 Å². The van der Waals surface area contributed by atoms with Crippen LogP contribution in [0.2, 0.25) is 0 Å². The quantitative estimate of drug-likeness (QED) is 0.688. The second-order valence-electron chi connectivity index (χ2n) is 5.87. The monoisotopic (exact) mass is 350 g/mol. The molecule has 0 saturated heterocycles. The first-order valence-corrected chi connectivity index (χ1v) is 8.42. The topological polar surface area (TPSA) is 68.2 Å². The van der Waals surface area contributed by atoms with Gasteiger partial charge in [-0.1, -0.05) is 42.5 Å². The number of nitrogens with zero attached hydrogens (tertiary/aromatic N) is 2. The SMILES string of the molecule is COCc1ccccc1CNC(=O)NCc1cnn(-c2ccccc2)c1. The van der Waals surface area contributed by atoms with Gasteiger partial charge in [0, 0.05) is 32.0 Å². The maximum atomic E-state index is 12.1. The molecule has 1 heterocycles. The summed E-state index contributed by atoms with van der Waals surface area (Å²) in [6.45, 7) is 1.39. The molecule has 2 N–H and O–H groups in total. The Hall–Kier alpha value is -3.12. The molecule has 134 valence electrons. The van der Waals surface area contributed by atoms with Gasteiger partial charge in [0.1, 0.15) is 0 Å². The Balaban J connectivity index is 1.50. The zero-order valence-electron chi connectivity index (χ0n) is 14.7. The molecule has 3 aromatic rings. The first-order valence-electron chi connectivity index (χ1n) is 8.42. The van der Waals surface area contributed by atoms with Crippen molar-refractivity contribution in [1.29, 1.82) is 0 Å². The van der Waals surface area contributed by atoms with Crippen LogP contribution in [0.4, 0.5) is 4.79 Å². The zero-order valence-corrected chi connectivity index (χ0v) is 14.7. The molecule has 0 unspecified atom stereocenters. The Morgan fingerprint density at radius 2 is 1.69 bits per heavy atom. The van der Waals surface area contributed by atoms with E-state index >= 15 is 0 Å². The molecule has 0 aliphatic heterocycles. The normalized spacial score (nSPS) is 10.5. The molecule has 0 radical (unpaired) electrons. The predicted octanol–water partition coefficient (Wildman–Crippen LogP) is 3.02. The highest BCUT2D eigenvalue weighted by Crippen LogP contribution is 2.10. The minimum atomic E-state index is -0.218. The smallest absolute Gasteiger partial charge is 0.315 e. The van der Waals surface area contributed by atoms with E-state index in [1.165, 1.54) is 0 Å². The van der Waals surface area contributed by atoms with Crippen molar-refractivity contribution >= 4 is 6.03 Å². The third-order valence-electron chi connectivity index (χ3n) is 3.97. The highest BCUT2D eigenvalue weighted by atomic mass is 16.5. The molecule has 0 spiro atoms. The Kier molecular flexibility index (Phi) is 6.01. The number of hydrogen-bond donors (Lipinski definition) is 2. The molecular weight excluding hydrogens is 328 g/mol. The van der Waals surface area contributed by atoms with Crippen LogP contribution in [0.15, 0.2) is 67.0 Å². The largest absolute Gasteiger partial charge is 0.380 e. The molecule has 26 heavy (non-hydrogen) atoms. The van der Waals surface area contributed by atoms with Crippen molar-refractivity contribution in [2.24, 2.45) is 0 Å². The number of ether oxygens (including phenoxy) is 1. The summed E-state index contributed by atoms with van der Waals surface area (Å²) in [5.41, 5.74) is 4.03. The van der Waals surface area contributed by atoms with E-state index in [4.69, 9.17) is 4.74 Å². The van der Waals surface area contributed by atoms with Crippen molar-refractivity contribution < 1.29 is 9.53 Å². The van der Waals surface area contributed by atoms with Gasteiger partial charge in [-0.05, 0) is 23.3 Å². The molecular formula is C20H22N4O2. The van der Waals surface area contributed by atoms with Gasteiger partial charge in [-0.25, -0.2) is 9.48 Å². The minimum absolute atomic E-state index is 0.218. The molecule has 3 rings (SSSR count). The van der Waals surface area contributed by atoms with E-state index in [1.54, 1.807) is 18.0 Å². The second kappa shape index (κ2) is 8.82. The van der Waals surface area contributed by atoms with Crippen LogP contribution in [0, 0.1) is 0 Å². The van der Waals surface area contributed by atoms with E-state index < -0.39 is 0 Å². The third-order valence-corrected chi connectivity index (χ3v) is 3.97. The number of carbonyl (C=O) groups is 1. The Bertz CT molecular complexity index is 846. The van der Waals surface area contributed by atoms with E-state index in [-0.39, 0.29) is 6.03 Å². The maximum Gasteiger partial charge on any atom is 0.315 e. The molecule has 6 heteroatoms. The van der Waals surface area contributed by atoms with Gasteiger partial charge in [0.15, 0.2) is 0 Å². The first kappa shape index (κ1) is 17.7. The van der Waals surface area contributed by atoms with Crippen LogP contribution in [0.3, 0.4) is 0 Å². The number of hydrogen-bond acceptors (Lipinski definition) is 3. The van der Waals surface area contributed by atoms with Gasteiger partial charge >= 0.3 is 6.03 Å². The number of methoxy groups -OCH3 is 1. The Labute approximate surface area is 152 Å². The summed E-state index contributed by atoms with van der Waals surface area (Å²) in [5, 5.41) is 10.0. The molecule has 0 saturated carbocycles. The van der Waals surface area contributed by atoms with Gasteiger partial charge in [-0.2, -0.15) is 5.10 Å². The number of carbonyl (C=O) groups excluding carboxylic acids is 1. The predicted molar refractivity (Wildman–Crippen MR) is 99.8 cm³/mol. The standard InChI is InChI=1S/C20H22N4O2/c1-26-15-18-8-6-5-7-17(18)13-22-20(25)21-11-16-12-23-24(14-16)19-9-3-2-4-10-19/h2-10,12,14H,11,13,15H2,1H3,(H2,21,22,25). The van der Waals surface area contributed by atoms with E-state index in [0.29, 0.717) is 19.7 Å². The lowest BCUT2D eigenvalue weighted by Crippen LogP contribution is -2.34. The summed E-state index contributed by atoms with van der Waals surface area (Å²) in [4.78, 5) is 12.1. The molecule has 0 aliphatic carbocycles. The van der Waals surface area contributed by atoms with Gasteiger partial charge in [0.25, 0.3) is 0 Å². The lowest BCUT2D eigenvalue weighted by atomic mass is 10.1. The number of para-hydroxylation sites is 1. The zero-order chi connectivity index (χ0) is 18.2. The highest BCUT2D eigenvalue weighted by Gasteiger charge is 2.06. The average molecular weight is 350 g/mol. The van der Waals surface area contributed by atoms with E-state index in [1.807, 2.05) is 60.8 Å². The van der Waals surface area contributed by atoms with Crippen LogP contribution in [-0.4, -0.2) is 22.9 Å². The van der Waals surface area contributed by atoms with Gasteiger partial charge in [0.2, 0.25) is 0 Å². The highest BCUT2D eigenvalue weighted by molar-refractivity contribution is 5.73. The van der Waals surface area contributed by atoms with Crippen LogP contribution in [0.5, 0.6) is 0 Å². The van der Waals surface area contributed by atoms with Crippen molar-refractivity contribution in [3.63, 3.8) is 0 Å². The fraction of sp³-hybridized carbons (Fsp3) is 0.200. The summed E-state index contributed by atoms with van der Waals surface area (Å²) in [5.74, 6) is 0. The molecule has 0 atom stereocenters. The number of rotatable bonds is 7. The van der Waals surface area contributed by atoms with Crippen molar-refractivity contribution in [2.75, 3.05) is 7.11 Å². The molecule has 2 aromatic carbocycles. The lowest BCUT2D eigenvalue weighted by molar-refractivity contribution is 0.184. The molecule has 0 bridgehead atoms. The van der Waals surface area contributed by atoms with E-state index in [9.17, 15) is 4.79 Å². The summed E-state index contributed by atoms with van der Waals surface area (Å²) in [7, 11) is 1.66. The van der Waals surface area contributed by atoms with Crippen LogP contribution >= 0.6 is 0 Å². The number of urea groups is 1. The van der Waals surface area contributed by atoms with E-state index in [2.05, 4.69) is 15.7 Å². The number of nitrogens with one attached hydrogen (secondary N) is 2. The molecule has 0 aliphatic rings. The summed E-state index contributed by atoms with van der Waals surface area (Å²) >= 11 is 0. The molecule has 0 fully saturated rings. The number of aromatic nitrogens is 2. The molecule has 1 aromatic heterocycles. The molecule has 6 nitrogen and oxygen atoms in total. The fourth-order valence-electron chi connectivity index (χ4n) is 2.62. The van der Waals surface area contributed by atoms with Gasteiger partial charge in [-0.15, -0.1) is 0 Å². The Morgan fingerprint density at radius 1 is 1.00 bits per heavy atom. The summed E-state index contributed by atoms with van der Waals surface area (Å²) in [6, 6.07) is 17.5. The minimum Gasteiger partial charge on any atom is -0.380 e. The number of amides is 2. The number of benzene rings is 2. The van der Waals surface area contributed by atoms with Crippen molar-refractivity contribution in [1.82, 2.24) is 20.4 Å². The van der Waals surface area contributed by atoms with Crippen LogP contribution in [0.1, 0.15) is 16.7 Å².